The second-order valence-electron chi connectivity index (χ2n) is 7.62. The van der Waals surface area contributed by atoms with E-state index in [0.29, 0.717) is 43.3 Å². The maximum Gasteiger partial charge on any atom is 0.264 e. The molecule has 0 fully saturated rings. The van der Waals surface area contributed by atoms with Crippen LogP contribution in [0.2, 0.25) is 0 Å². The number of nitrogens with zero attached hydrogens (tertiary/aromatic N) is 2. The van der Waals surface area contributed by atoms with Crippen molar-refractivity contribution < 1.29 is 27.1 Å². The van der Waals surface area contributed by atoms with Crippen molar-refractivity contribution in [2.75, 3.05) is 38.2 Å². The number of carbonyl (C=O) groups excluding carboxylic acids is 1. The lowest BCUT2D eigenvalue weighted by atomic mass is 10.1. The minimum atomic E-state index is -3.86. The van der Waals surface area contributed by atoms with E-state index in [1.807, 2.05) is 18.2 Å². The maximum atomic E-state index is 13.5. The molecule has 174 valence electrons. The number of methoxy groups -OCH3 is 2. The van der Waals surface area contributed by atoms with Crippen LogP contribution in [0, 0.1) is 0 Å². The molecule has 0 bridgehead atoms. The molecule has 9 heteroatoms. The minimum Gasteiger partial charge on any atom is -0.496 e. The van der Waals surface area contributed by atoms with Gasteiger partial charge in [-0.3, -0.25) is 9.10 Å². The Morgan fingerprint density at radius 3 is 2.67 bits per heavy atom. The van der Waals surface area contributed by atoms with Crippen LogP contribution in [-0.4, -0.2) is 53.1 Å². The molecule has 1 aliphatic heterocycles. The first-order chi connectivity index (χ1) is 16.0. The molecule has 0 aliphatic carbocycles. The summed E-state index contributed by atoms with van der Waals surface area (Å²) in [6, 6.07) is 15.3. The Kier molecular flexibility index (Phi) is 6.71. The fourth-order valence-corrected chi connectivity index (χ4v) is 5.44. The number of para-hydroxylation sites is 1. The molecular formula is C24H26N2O6S. The Labute approximate surface area is 193 Å². The minimum absolute atomic E-state index is 0.0352. The number of amides is 1. The number of benzene rings is 2. The zero-order chi connectivity index (χ0) is 23.4. The predicted molar refractivity (Wildman–Crippen MR) is 123 cm³/mol. The summed E-state index contributed by atoms with van der Waals surface area (Å²) >= 11 is 0. The quantitative estimate of drug-likeness (QED) is 0.477. The van der Waals surface area contributed by atoms with Gasteiger partial charge in [-0.25, -0.2) is 8.42 Å². The third-order valence-corrected chi connectivity index (χ3v) is 7.42. The largest absolute Gasteiger partial charge is 0.496 e. The van der Waals surface area contributed by atoms with Crippen molar-refractivity contribution >= 4 is 21.6 Å². The number of ether oxygens (including phenoxy) is 2. The van der Waals surface area contributed by atoms with Crippen LogP contribution in [-0.2, 0) is 27.7 Å². The second-order valence-corrected chi connectivity index (χ2v) is 9.48. The molecule has 1 amide bonds. The average molecular weight is 471 g/mol. The molecule has 1 aliphatic rings. The van der Waals surface area contributed by atoms with Crippen molar-refractivity contribution in [3.05, 3.63) is 77.7 Å². The molecule has 2 aromatic carbocycles. The van der Waals surface area contributed by atoms with Gasteiger partial charge in [0.05, 0.1) is 42.7 Å². The number of sulfonamides is 1. The van der Waals surface area contributed by atoms with Crippen molar-refractivity contribution in [3.8, 4) is 5.75 Å². The summed E-state index contributed by atoms with van der Waals surface area (Å²) in [5.41, 5.74) is 1.81. The van der Waals surface area contributed by atoms with Gasteiger partial charge in [-0.05, 0) is 48.4 Å². The summed E-state index contributed by atoms with van der Waals surface area (Å²) in [4.78, 5) is 15.1. The average Bonchev–Trinajstić information content (AvgIpc) is 3.51. The van der Waals surface area contributed by atoms with Gasteiger partial charge in [0.1, 0.15) is 11.5 Å². The lowest BCUT2D eigenvalue weighted by Gasteiger charge is -2.24. The molecule has 8 nitrogen and oxygen atoms in total. The lowest BCUT2D eigenvalue weighted by Crippen LogP contribution is -2.34. The number of furan rings is 1. The molecule has 0 radical (unpaired) electrons. The third kappa shape index (κ3) is 4.60. The monoisotopic (exact) mass is 470 g/mol. The third-order valence-electron chi connectivity index (χ3n) is 5.61. The van der Waals surface area contributed by atoms with Gasteiger partial charge in [-0.15, -0.1) is 0 Å². The highest BCUT2D eigenvalue weighted by molar-refractivity contribution is 7.92. The van der Waals surface area contributed by atoms with Crippen LogP contribution in [0.3, 0.4) is 0 Å². The van der Waals surface area contributed by atoms with E-state index < -0.39 is 10.0 Å². The van der Waals surface area contributed by atoms with Gasteiger partial charge < -0.3 is 18.8 Å². The maximum absolute atomic E-state index is 13.5. The highest BCUT2D eigenvalue weighted by Gasteiger charge is 2.32. The van der Waals surface area contributed by atoms with E-state index in [0.717, 1.165) is 5.56 Å². The fraction of sp³-hybridized carbons (Fsp3) is 0.292. The smallest absolute Gasteiger partial charge is 0.264 e. The van der Waals surface area contributed by atoms with Gasteiger partial charge >= 0.3 is 0 Å². The summed E-state index contributed by atoms with van der Waals surface area (Å²) in [6.45, 7) is 1.19. The first-order valence-corrected chi connectivity index (χ1v) is 12.0. The van der Waals surface area contributed by atoms with Crippen LogP contribution in [0.25, 0.3) is 0 Å². The van der Waals surface area contributed by atoms with Crippen LogP contribution < -0.4 is 9.04 Å². The number of anilines is 1. The van der Waals surface area contributed by atoms with E-state index in [2.05, 4.69) is 0 Å². The van der Waals surface area contributed by atoms with Crippen molar-refractivity contribution in [2.45, 2.75) is 17.9 Å². The lowest BCUT2D eigenvalue weighted by molar-refractivity contribution is 0.0663. The molecular weight excluding hydrogens is 444 g/mol. The van der Waals surface area contributed by atoms with Crippen LogP contribution in [0.4, 0.5) is 5.69 Å². The molecule has 0 saturated heterocycles. The van der Waals surface area contributed by atoms with Gasteiger partial charge in [0.15, 0.2) is 0 Å². The molecule has 0 unspecified atom stereocenters. The van der Waals surface area contributed by atoms with Crippen LogP contribution in [0.15, 0.2) is 70.2 Å². The summed E-state index contributed by atoms with van der Waals surface area (Å²) in [6.07, 6.45) is 2.18. The first kappa shape index (κ1) is 22.9. The molecule has 0 atom stereocenters. The predicted octanol–water partition coefficient (Wildman–Crippen LogP) is 3.33. The van der Waals surface area contributed by atoms with Crippen LogP contribution in [0.1, 0.15) is 21.7 Å². The van der Waals surface area contributed by atoms with Crippen LogP contribution >= 0.6 is 0 Å². The summed E-state index contributed by atoms with van der Waals surface area (Å²) in [5, 5.41) is 0. The Morgan fingerprint density at radius 2 is 1.94 bits per heavy atom. The van der Waals surface area contributed by atoms with Gasteiger partial charge in [-0.2, -0.15) is 0 Å². The van der Waals surface area contributed by atoms with Crippen molar-refractivity contribution in [3.63, 3.8) is 0 Å². The van der Waals surface area contributed by atoms with Crippen molar-refractivity contribution in [1.82, 2.24) is 4.90 Å². The van der Waals surface area contributed by atoms with Crippen molar-refractivity contribution in [1.29, 1.82) is 0 Å². The van der Waals surface area contributed by atoms with E-state index in [1.165, 1.54) is 35.9 Å². The van der Waals surface area contributed by atoms with Gasteiger partial charge in [0, 0.05) is 20.2 Å². The molecule has 0 saturated carbocycles. The van der Waals surface area contributed by atoms with E-state index in [1.54, 1.807) is 30.2 Å². The Balaban J connectivity index is 1.69. The van der Waals surface area contributed by atoms with E-state index in [-0.39, 0.29) is 22.9 Å². The molecule has 3 aromatic rings. The molecule has 2 heterocycles. The van der Waals surface area contributed by atoms with Gasteiger partial charge in [0.25, 0.3) is 15.9 Å². The molecule has 33 heavy (non-hydrogen) atoms. The second kappa shape index (κ2) is 9.68. The molecule has 0 spiro atoms. The molecule has 1 aromatic heterocycles. The number of fused-ring (bicyclic) bond motifs is 1. The van der Waals surface area contributed by atoms with Gasteiger partial charge in [0.2, 0.25) is 0 Å². The standard InChI is InChI=1S/C24H26N2O6S/c1-30-15-13-25(17-19-7-5-14-32-19)24(27)21-16-20(9-10-23(21)31-2)33(28,29)26-12-11-18-6-3-4-8-22(18)26/h3-10,14,16H,11-13,15,17H2,1-2H3. The number of rotatable bonds is 9. The topological polar surface area (TPSA) is 89.3 Å². The highest BCUT2D eigenvalue weighted by Crippen LogP contribution is 2.34. The number of carbonyl (C=O) groups is 1. The fourth-order valence-electron chi connectivity index (χ4n) is 3.91. The zero-order valence-corrected chi connectivity index (χ0v) is 19.4. The van der Waals surface area contributed by atoms with Crippen LogP contribution in [0.5, 0.6) is 5.75 Å². The Morgan fingerprint density at radius 1 is 1.12 bits per heavy atom. The first-order valence-electron chi connectivity index (χ1n) is 10.5. The van der Waals surface area contributed by atoms with E-state index in [9.17, 15) is 13.2 Å². The normalized spacial score (nSPS) is 13.1. The molecule has 4 rings (SSSR count). The number of hydrogen-bond donors (Lipinski definition) is 0. The van der Waals surface area contributed by atoms with Gasteiger partial charge in [-0.1, -0.05) is 18.2 Å². The highest BCUT2D eigenvalue weighted by atomic mass is 32.2. The summed E-state index contributed by atoms with van der Waals surface area (Å²) in [7, 11) is -0.862. The van der Waals surface area contributed by atoms with E-state index in [4.69, 9.17) is 13.9 Å². The molecule has 0 N–H and O–H groups in total. The van der Waals surface area contributed by atoms with Crippen molar-refractivity contribution in [2.24, 2.45) is 0 Å². The number of hydrogen-bond acceptors (Lipinski definition) is 6. The summed E-state index contributed by atoms with van der Waals surface area (Å²) in [5.74, 6) is 0.526. The SMILES string of the molecule is COCCN(Cc1ccco1)C(=O)c1cc(S(=O)(=O)N2CCc3ccccc32)ccc1OC. The Hall–Kier alpha value is -3.30. The van der Waals surface area contributed by atoms with E-state index >= 15 is 0 Å². The summed E-state index contributed by atoms with van der Waals surface area (Å²) < 4.78 is 44.3. The Bertz CT molecular complexity index is 1220. The zero-order valence-electron chi connectivity index (χ0n) is 18.6.